The van der Waals surface area contributed by atoms with Crippen LogP contribution in [0.4, 0.5) is 11.6 Å². The molecule has 110 valence electrons. The Kier molecular flexibility index (Phi) is 3.27. The normalized spacial score (nSPS) is 19.9. The maximum atomic E-state index is 5.77. The van der Waals surface area contributed by atoms with Crippen molar-refractivity contribution in [2.24, 2.45) is 0 Å². The standard InChI is InChI=1S/C16H14ClN5/c17-16-18-7-6-14(20-16)19-15-9-13(21-22-15)12-8-11(12)10-4-2-1-3-5-10/h1-7,9,11-12H,8H2,(H2,18,19,20,21,22)/t11-,12+/m0/s1. The summed E-state index contributed by atoms with van der Waals surface area (Å²) in [6, 6.07) is 14.4. The number of benzene rings is 1. The number of hydrogen-bond donors (Lipinski definition) is 2. The van der Waals surface area contributed by atoms with Crippen molar-refractivity contribution in [1.29, 1.82) is 0 Å². The van der Waals surface area contributed by atoms with Gasteiger partial charge in [0.25, 0.3) is 0 Å². The maximum Gasteiger partial charge on any atom is 0.224 e. The van der Waals surface area contributed by atoms with Crippen molar-refractivity contribution in [2.75, 3.05) is 5.32 Å². The smallest absolute Gasteiger partial charge is 0.224 e. The average molecular weight is 312 g/mol. The van der Waals surface area contributed by atoms with Crippen molar-refractivity contribution in [3.05, 3.63) is 65.2 Å². The van der Waals surface area contributed by atoms with Gasteiger partial charge < -0.3 is 5.32 Å². The van der Waals surface area contributed by atoms with Crippen LogP contribution in [0, 0.1) is 0 Å². The lowest BCUT2D eigenvalue weighted by Crippen LogP contribution is -1.94. The van der Waals surface area contributed by atoms with Gasteiger partial charge in [-0.15, -0.1) is 0 Å². The van der Waals surface area contributed by atoms with Crippen molar-refractivity contribution in [1.82, 2.24) is 20.2 Å². The molecule has 1 aromatic carbocycles. The summed E-state index contributed by atoms with van der Waals surface area (Å²) in [5, 5.41) is 10.7. The number of H-pyrrole nitrogens is 1. The fourth-order valence-corrected chi connectivity index (χ4v) is 2.88. The van der Waals surface area contributed by atoms with Crippen LogP contribution in [-0.2, 0) is 0 Å². The van der Waals surface area contributed by atoms with Gasteiger partial charge in [-0.25, -0.2) is 9.97 Å². The van der Waals surface area contributed by atoms with Crippen molar-refractivity contribution < 1.29 is 0 Å². The average Bonchev–Trinajstić information content (AvgIpc) is 3.21. The summed E-state index contributed by atoms with van der Waals surface area (Å²) >= 11 is 5.77. The van der Waals surface area contributed by atoms with Crippen molar-refractivity contribution in [2.45, 2.75) is 18.3 Å². The maximum absolute atomic E-state index is 5.77. The lowest BCUT2D eigenvalue weighted by atomic mass is 10.1. The highest BCUT2D eigenvalue weighted by Crippen LogP contribution is 2.54. The topological polar surface area (TPSA) is 66.5 Å². The molecule has 6 heteroatoms. The minimum absolute atomic E-state index is 0.215. The number of nitrogens with zero attached hydrogens (tertiary/aromatic N) is 3. The summed E-state index contributed by atoms with van der Waals surface area (Å²) in [7, 11) is 0. The zero-order chi connectivity index (χ0) is 14.9. The Morgan fingerprint density at radius 1 is 1.09 bits per heavy atom. The summed E-state index contributed by atoms with van der Waals surface area (Å²) < 4.78 is 0. The van der Waals surface area contributed by atoms with Crippen LogP contribution >= 0.6 is 11.6 Å². The van der Waals surface area contributed by atoms with E-state index >= 15 is 0 Å². The van der Waals surface area contributed by atoms with E-state index in [2.05, 4.69) is 49.7 Å². The third-order valence-electron chi connectivity index (χ3n) is 3.90. The Balaban J connectivity index is 1.47. The number of nitrogens with one attached hydrogen (secondary N) is 2. The second kappa shape index (κ2) is 5.42. The molecule has 2 atom stereocenters. The lowest BCUT2D eigenvalue weighted by Gasteiger charge is -2.00. The van der Waals surface area contributed by atoms with Crippen LogP contribution in [0.3, 0.4) is 0 Å². The number of hydrogen-bond acceptors (Lipinski definition) is 4. The third-order valence-corrected chi connectivity index (χ3v) is 4.08. The lowest BCUT2D eigenvalue weighted by molar-refractivity contribution is 0.933. The number of rotatable bonds is 4. The molecule has 22 heavy (non-hydrogen) atoms. The van der Waals surface area contributed by atoms with Crippen LogP contribution in [0.2, 0.25) is 5.28 Å². The first-order chi connectivity index (χ1) is 10.8. The molecule has 2 aromatic heterocycles. The van der Waals surface area contributed by atoms with Gasteiger partial charge in [0, 0.05) is 23.9 Å². The highest BCUT2D eigenvalue weighted by Gasteiger charge is 2.40. The Labute approximate surface area is 132 Å². The Hall–Kier alpha value is -2.40. The predicted octanol–water partition coefficient (Wildman–Crippen LogP) is 3.87. The Morgan fingerprint density at radius 2 is 1.95 bits per heavy atom. The van der Waals surface area contributed by atoms with E-state index in [1.54, 1.807) is 12.3 Å². The second-order valence-corrected chi connectivity index (χ2v) is 5.74. The summed E-state index contributed by atoms with van der Waals surface area (Å²) in [4.78, 5) is 7.94. The van der Waals surface area contributed by atoms with E-state index in [1.165, 1.54) is 5.56 Å². The molecule has 1 aliphatic rings. The van der Waals surface area contributed by atoms with Gasteiger partial charge in [-0.1, -0.05) is 30.3 Å². The highest BCUT2D eigenvalue weighted by atomic mass is 35.5. The first kappa shape index (κ1) is 13.3. The van der Waals surface area contributed by atoms with Crippen molar-refractivity contribution >= 4 is 23.2 Å². The molecule has 0 amide bonds. The van der Waals surface area contributed by atoms with E-state index in [4.69, 9.17) is 11.6 Å². The first-order valence-electron chi connectivity index (χ1n) is 7.15. The number of anilines is 2. The molecule has 2 N–H and O–H groups in total. The molecule has 0 saturated heterocycles. The predicted molar refractivity (Wildman–Crippen MR) is 85.5 cm³/mol. The molecular weight excluding hydrogens is 298 g/mol. The summed E-state index contributed by atoms with van der Waals surface area (Å²) in [5.41, 5.74) is 2.54. The van der Waals surface area contributed by atoms with Gasteiger partial charge in [0.15, 0.2) is 5.82 Å². The monoisotopic (exact) mass is 311 g/mol. The van der Waals surface area contributed by atoms with Crippen molar-refractivity contribution in [3.8, 4) is 0 Å². The Bertz CT molecular complexity index is 786. The molecular formula is C16H14ClN5. The second-order valence-electron chi connectivity index (χ2n) is 5.40. The van der Waals surface area contributed by atoms with E-state index in [1.807, 2.05) is 12.1 Å². The van der Waals surface area contributed by atoms with Crippen LogP contribution in [0.5, 0.6) is 0 Å². The van der Waals surface area contributed by atoms with E-state index in [0.717, 1.165) is 17.9 Å². The molecule has 2 heterocycles. The zero-order valence-electron chi connectivity index (χ0n) is 11.7. The zero-order valence-corrected chi connectivity index (χ0v) is 12.5. The molecule has 0 aliphatic heterocycles. The van der Waals surface area contributed by atoms with E-state index < -0.39 is 0 Å². The molecule has 0 bridgehead atoms. The van der Waals surface area contributed by atoms with Crippen LogP contribution in [0.25, 0.3) is 0 Å². The number of halogens is 1. The first-order valence-corrected chi connectivity index (χ1v) is 7.53. The van der Waals surface area contributed by atoms with Crippen LogP contribution < -0.4 is 5.32 Å². The van der Waals surface area contributed by atoms with E-state index in [-0.39, 0.29) is 5.28 Å². The largest absolute Gasteiger partial charge is 0.323 e. The van der Waals surface area contributed by atoms with E-state index in [9.17, 15) is 0 Å². The fraction of sp³-hybridized carbons (Fsp3) is 0.188. The minimum Gasteiger partial charge on any atom is -0.323 e. The SMILES string of the molecule is Clc1nccc(Nc2cc([C@@H]3C[C@H]3c3ccccc3)[nH]n2)n1. The molecule has 0 radical (unpaired) electrons. The molecule has 0 unspecified atom stereocenters. The van der Waals surface area contributed by atoms with E-state index in [0.29, 0.717) is 17.7 Å². The molecule has 3 aromatic rings. The van der Waals surface area contributed by atoms with Gasteiger partial charge in [0.05, 0.1) is 0 Å². The summed E-state index contributed by atoms with van der Waals surface area (Å²) in [5.74, 6) is 2.47. The molecule has 1 fully saturated rings. The summed E-state index contributed by atoms with van der Waals surface area (Å²) in [6.07, 6.45) is 2.77. The fourth-order valence-electron chi connectivity index (χ4n) is 2.73. The quantitative estimate of drug-likeness (QED) is 0.718. The Morgan fingerprint density at radius 3 is 2.77 bits per heavy atom. The highest BCUT2D eigenvalue weighted by molar-refractivity contribution is 6.28. The number of aromatic amines is 1. The van der Waals surface area contributed by atoms with Crippen LogP contribution in [0.15, 0.2) is 48.7 Å². The van der Waals surface area contributed by atoms with Gasteiger partial charge in [-0.2, -0.15) is 5.10 Å². The molecule has 5 nitrogen and oxygen atoms in total. The minimum atomic E-state index is 0.215. The third kappa shape index (κ3) is 2.67. The van der Waals surface area contributed by atoms with Gasteiger partial charge in [0.1, 0.15) is 5.82 Å². The van der Waals surface area contributed by atoms with Crippen LogP contribution in [-0.4, -0.2) is 20.2 Å². The molecule has 1 saturated carbocycles. The van der Waals surface area contributed by atoms with Crippen LogP contribution in [0.1, 0.15) is 29.5 Å². The summed E-state index contributed by atoms with van der Waals surface area (Å²) in [6.45, 7) is 0. The van der Waals surface area contributed by atoms with Gasteiger partial charge in [-0.3, -0.25) is 5.10 Å². The molecule has 4 rings (SSSR count). The molecule has 1 aliphatic carbocycles. The van der Waals surface area contributed by atoms with Gasteiger partial charge >= 0.3 is 0 Å². The molecule has 0 spiro atoms. The van der Waals surface area contributed by atoms with Crippen molar-refractivity contribution in [3.63, 3.8) is 0 Å². The number of aromatic nitrogens is 4. The van der Waals surface area contributed by atoms with Gasteiger partial charge in [-0.05, 0) is 35.6 Å². The van der Waals surface area contributed by atoms with Gasteiger partial charge in [0.2, 0.25) is 5.28 Å².